The summed E-state index contributed by atoms with van der Waals surface area (Å²) in [6.07, 6.45) is 5.69. The second kappa shape index (κ2) is 5.32. The van der Waals surface area contributed by atoms with Gasteiger partial charge in [0.15, 0.2) is 0 Å². The zero-order chi connectivity index (χ0) is 10.7. The van der Waals surface area contributed by atoms with Crippen LogP contribution < -0.4 is 5.32 Å². The van der Waals surface area contributed by atoms with Crippen LogP contribution in [0.4, 0.5) is 0 Å². The van der Waals surface area contributed by atoms with E-state index in [1.165, 1.54) is 19.3 Å². The van der Waals surface area contributed by atoms with E-state index in [4.69, 9.17) is 0 Å². The fraction of sp³-hybridized carbons (Fsp3) is 0.545. The van der Waals surface area contributed by atoms with Crippen LogP contribution in [0.5, 0.6) is 0 Å². The van der Waals surface area contributed by atoms with E-state index >= 15 is 0 Å². The number of hydrogen-bond acceptors (Lipinski definition) is 3. The van der Waals surface area contributed by atoms with E-state index in [2.05, 4.69) is 32.3 Å². The summed E-state index contributed by atoms with van der Waals surface area (Å²) in [5.41, 5.74) is 0. The SMILES string of the molecule is CNC1CCC(Sc2ncccc2Br)C1. The number of nitrogens with one attached hydrogen (secondary N) is 1. The van der Waals surface area contributed by atoms with Gasteiger partial charge in [0.25, 0.3) is 0 Å². The van der Waals surface area contributed by atoms with Gasteiger partial charge in [0.2, 0.25) is 0 Å². The highest BCUT2D eigenvalue weighted by atomic mass is 79.9. The topological polar surface area (TPSA) is 24.9 Å². The molecule has 1 aliphatic carbocycles. The van der Waals surface area contributed by atoms with Crippen LogP contribution in [0, 0.1) is 0 Å². The van der Waals surface area contributed by atoms with Gasteiger partial charge >= 0.3 is 0 Å². The highest BCUT2D eigenvalue weighted by Crippen LogP contribution is 2.36. The lowest BCUT2D eigenvalue weighted by Gasteiger charge is -2.10. The molecule has 1 fully saturated rings. The van der Waals surface area contributed by atoms with Crippen LogP contribution in [0.25, 0.3) is 0 Å². The van der Waals surface area contributed by atoms with E-state index in [0.29, 0.717) is 11.3 Å². The lowest BCUT2D eigenvalue weighted by molar-refractivity contribution is 0.583. The summed E-state index contributed by atoms with van der Waals surface area (Å²) in [7, 11) is 2.05. The lowest BCUT2D eigenvalue weighted by atomic mass is 10.3. The van der Waals surface area contributed by atoms with Crippen molar-refractivity contribution in [2.45, 2.75) is 35.6 Å². The van der Waals surface area contributed by atoms with Crippen LogP contribution in [0.1, 0.15) is 19.3 Å². The summed E-state index contributed by atoms with van der Waals surface area (Å²) in [5, 5.41) is 5.19. The van der Waals surface area contributed by atoms with Gasteiger partial charge in [-0.1, -0.05) is 0 Å². The largest absolute Gasteiger partial charge is 0.317 e. The van der Waals surface area contributed by atoms with Gasteiger partial charge in [-0.25, -0.2) is 4.98 Å². The molecule has 1 heterocycles. The predicted octanol–water partition coefficient (Wildman–Crippen LogP) is 3.08. The van der Waals surface area contributed by atoms with Crippen molar-refractivity contribution in [3.63, 3.8) is 0 Å². The minimum atomic E-state index is 0.699. The van der Waals surface area contributed by atoms with E-state index in [1.807, 2.05) is 31.1 Å². The molecule has 1 aromatic rings. The van der Waals surface area contributed by atoms with Crippen LogP contribution in [0.2, 0.25) is 0 Å². The second-order valence-electron chi connectivity index (χ2n) is 3.83. The van der Waals surface area contributed by atoms with Crippen molar-refractivity contribution < 1.29 is 0 Å². The number of hydrogen-bond donors (Lipinski definition) is 1. The maximum absolute atomic E-state index is 4.39. The van der Waals surface area contributed by atoms with Gasteiger partial charge < -0.3 is 5.32 Å². The van der Waals surface area contributed by atoms with Gasteiger partial charge in [-0.15, -0.1) is 11.8 Å². The maximum atomic E-state index is 4.39. The van der Waals surface area contributed by atoms with Crippen molar-refractivity contribution in [2.75, 3.05) is 7.05 Å². The minimum Gasteiger partial charge on any atom is -0.317 e. The summed E-state index contributed by atoms with van der Waals surface area (Å²) in [6, 6.07) is 4.71. The van der Waals surface area contributed by atoms with E-state index in [9.17, 15) is 0 Å². The molecule has 1 N–H and O–H groups in total. The molecule has 0 saturated heterocycles. The Kier molecular flexibility index (Phi) is 4.05. The molecule has 0 amide bonds. The van der Waals surface area contributed by atoms with E-state index in [0.717, 1.165) is 9.50 Å². The summed E-state index contributed by atoms with van der Waals surface area (Å²) < 4.78 is 1.11. The van der Waals surface area contributed by atoms with Crippen LogP contribution in [-0.2, 0) is 0 Å². The van der Waals surface area contributed by atoms with Crippen LogP contribution >= 0.6 is 27.7 Å². The Morgan fingerprint density at radius 3 is 3.07 bits per heavy atom. The second-order valence-corrected chi connectivity index (χ2v) is 5.97. The van der Waals surface area contributed by atoms with Gasteiger partial charge in [-0.05, 0) is 54.4 Å². The van der Waals surface area contributed by atoms with Crippen molar-refractivity contribution in [1.82, 2.24) is 10.3 Å². The van der Waals surface area contributed by atoms with Gasteiger partial charge in [-0.2, -0.15) is 0 Å². The molecule has 2 nitrogen and oxygen atoms in total. The van der Waals surface area contributed by atoms with Crippen molar-refractivity contribution in [1.29, 1.82) is 0 Å². The molecular formula is C11H15BrN2S. The molecule has 1 aromatic heterocycles. The highest BCUT2D eigenvalue weighted by Gasteiger charge is 2.24. The Bertz CT molecular complexity index is 332. The van der Waals surface area contributed by atoms with Gasteiger partial charge in [0.1, 0.15) is 5.03 Å². The third-order valence-corrected chi connectivity index (χ3v) is 5.01. The Balaban J connectivity index is 1.96. The molecule has 0 aromatic carbocycles. The lowest BCUT2D eigenvalue weighted by Crippen LogP contribution is -2.21. The fourth-order valence-electron chi connectivity index (χ4n) is 1.93. The van der Waals surface area contributed by atoms with E-state index in [-0.39, 0.29) is 0 Å². The van der Waals surface area contributed by atoms with Crippen LogP contribution in [0.15, 0.2) is 27.8 Å². The maximum Gasteiger partial charge on any atom is 0.110 e. The van der Waals surface area contributed by atoms with E-state index in [1.54, 1.807) is 0 Å². The summed E-state index contributed by atoms with van der Waals surface area (Å²) >= 11 is 5.44. The number of halogens is 1. The predicted molar refractivity (Wildman–Crippen MR) is 68.3 cm³/mol. The summed E-state index contributed by atoms with van der Waals surface area (Å²) in [5.74, 6) is 0. The average Bonchev–Trinajstić information content (AvgIpc) is 2.69. The zero-order valence-corrected chi connectivity index (χ0v) is 11.1. The molecule has 2 rings (SSSR count). The van der Waals surface area contributed by atoms with Crippen molar-refractivity contribution in [3.8, 4) is 0 Å². The first-order valence-electron chi connectivity index (χ1n) is 5.24. The molecule has 0 spiro atoms. The summed E-state index contributed by atoms with van der Waals surface area (Å²) in [6.45, 7) is 0. The standard InChI is InChI=1S/C11H15BrN2S/c1-13-8-4-5-9(7-8)15-11-10(12)3-2-6-14-11/h2-3,6,8-9,13H,4-5,7H2,1H3. The Morgan fingerprint density at radius 1 is 1.53 bits per heavy atom. The van der Waals surface area contributed by atoms with Crippen LogP contribution in [-0.4, -0.2) is 23.3 Å². The molecule has 4 heteroatoms. The zero-order valence-electron chi connectivity index (χ0n) is 8.74. The third-order valence-electron chi connectivity index (χ3n) is 2.80. The van der Waals surface area contributed by atoms with Crippen molar-refractivity contribution in [2.24, 2.45) is 0 Å². The Labute approximate surface area is 103 Å². The number of pyridine rings is 1. The molecular weight excluding hydrogens is 272 g/mol. The number of nitrogens with zero attached hydrogens (tertiary/aromatic N) is 1. The molecule has 0 radical (unpaired) electrons. The smallest absolute Gasteiger partial charge is 0.110 e. The minimum absolute atomic E-state index is 0.699. The first kappa shape index (κ1) is 11.4. The van der Waals surface area contributed by atoms with Gasteiger partial charge in [0.05, 0.1) is 0 Å². The van der Waals surface area contributed by atoms with Crippen molar-refractivity contribution in [3.05, 3.63) is 22.8 Å². The van der Waals surface area contributed by atoms with Crippen molar-refractivity contribution >= 4 is 27.7 Å². The first-order valence-corrected chi connectivity index (χ1v) is 6.91. The number of thioether (sulfide) groups is 1. The average molecular weight is 287 g/mol. The first-order chi connectivity index (χ1) is 7.29. The summed E-state index contributed by atoms with van der Waals surface area (Å²) in [4.78, 5) is 4.39. The molecule has 15 heavy (non-hydrogen) atoms. The number of rotatable bonds is 3. The van der Waals surface area contributed by atoms with Gasteiger partial charge in [-0.3, -0.25) is 0 Å². The Hall–Kier alpha value is -0.0600. The molecule has 1 aliphatic rings. The molecule has 0 aliphatic heterocycles. The normalized spacial score (nSPS) is 25.7. The quantitative estimate of drug-likeness (QED) is 0.924. The molecule has 2 atom stereocenters. The molecule has 82 valence electrons. The highest BCUT2D eigenvalue weighted by molar-refractivity contribution is 9.10. The van der Waals surface area contributed by atoms with Gasteiger partial charge in [0, 0.05) is 22.0 Å². The molecule has 1 saturated carbocycles. The molecule has 0 bridgehead atoms. The Morgan fingerprint density at radius 2 is 2.40 bits per heavy atom. The van der Waals surface area contributed by atoms with Crippen LogP contribution in [0.3, 0.4) is 0 Å². The monoisotopic (exact) mass is 286 g/mol. The van der Waals surface area contributed by atoms with E-state index < -0.39 is 0 Å². The number of aromatic nitrogens is 1. The third kappa shape index (κ3) is 2.95. The molecule has 2 unspecified atom stereocenters. The fourth-order valence-corrected chi connectivity index (χ4v) is 3.66.